The fourth-order valence-electron chi connectivity index (χ4n) is 3.27. The van der Waals surface area contributed by atoms with Gasteiger partial charge in [-0.1, -0.05) is 40.0 Å². The normalized spacial score (nSPS) is 23.9. The van der Waals surface area contributed by atoms with Crippen LogP contribution in [0.15, 0.2) is 0 Å². The molecular formula is C16H32N6. The molecule has 1 aliphatic carbocycles. The zero-order valence-corrected chi connectivity index (χ0v) is 14.3. The summed E-state index contributed by atoms with van der Waals surface area (Å²) in [5.74, 6) is 1.56. The van der Waals surface area contributed by atoms with Crippen molar-refractivity contribution in [3.05, 3.63) is 5.82 Å². The predicted molar refractivity (Wildman–Crippen MR) is 88.3 cm³/mol. The third-order valence-corrected chi connectivity index (χ3v) is 4.54. The van der Waals surface area contributed by atoms with Crippen LogP contribution in [0.25, 0.3) is 0 Å². The van der Waals surface area contributed by atoms with Gasteiger partial charge in [0, 0.05) is 18.6 Å². The minimum absolute atomic E-state index is 0.195. The number of hydrogen-bond donors (Lipinski definition) is 2. The molecule has 1 aromatic heterocycles. The van der Waals surface area contributed by atoms with Gasteiger partial charge in [-0.3, -0.25) is 0 Å². The standard InChI is InChI=1S/C16H32N6/c1-4-5-10-22-16(19-20-21-22)15(11-12(2)3)18-14-9-7-6-8-13(14)17/h12-15,18H,4-11,17H2,1-3H3. The molecule has 6 nitrogen and oxygen atoms in total. The smallest absolute Gasteiger partial charge is 0.168 e. The summed E-state index contributed by atoms with van der Waals surface area (Å²) in [5.41, 5.74) is 6.31. The Morgan fingerprint density at radius 2 is 2.09 bits per heavy atom. The highest BCUT2D eigenvalue weighted by Crippen LogP contribution is 2.24. The van der Waals surface area contributed by atoms with Crippen LogP contribution in [0, 0.1) is 5.92 Å². The van der Waals surface area contributed by atoms with Crippen LogP contribution in [0.4, 0.5) is 0 Å². The van der Waals surface area contributed by atoms with E-state index in [0.29, 0.717) is 12.0 Å². The fraction of sp³-hybridized carbons (Fsp3) is 0.938. The molecule has 0 radical (unpaired) electrons. The first-order valence-electron chi connectivity index (χ1n) is 8.89. The lowest BCUT2D eigenvalue weighted by Gasteiger charge is -2.33. The van der Waals surface area contributed by atoms with Crippen molar-refractivity contribution < 1.29 is 0 Å². The van der Waals surface area contributed by atoms with Gasteiger partial charge in [0.1, 0.15) is 0 Å². The maximum atomic E-state index is 6.31. The molecule has 0 spiro atoms. The predicted octanol–water partition coefficient (Wildman–Crippen LogP) is 2.42. The second kappa shape index (κ2) is 8.58. The quantitative estimate of drug-likeness (QED) is 0.771. The van der Waals surface area contributed by atoms with Crippen molar-refractivity contribution in [2.45, 2.75) is 90.4 Å². The van der Waals surface area contributed by atoms with Gasteiger partial charge in [-0.15, -0.1) is 5.10 Å². The summed E-state index contributed by atoms with van der Waals surface area (Å²) in [4.78, 5) is 0. The third-order valence-electron chi connectivity index (χ3n) is 4.54. The summed E-state index contributed by atoms with van der Waals surface area (Å²) < 4.78 is 1.97. The van der Waals surface area contributed by atoms with E-state index in [1.165, 1.54) is 12.8 Å². The first-order chi connectivity index (χ1) is 10.6. The zero-order chi connectivity index (χ0) is 15.9. The number of nitrogens with zero attached hydrogens (tertiary/aromatic N) is 4. The van der Waals surface area contributed by atoms with Crippen molar-refractivity contribution in [1.29, 1.82) is 0 Å². The number of hydrogen-bond acceptors (Lipinski definition) is 5. The third kappa shape index (κ3) is 4.74. The van der Waals surface area contributed by atoms with E-state index < -0.39 is 0 Å². The molecule has 126 valence electrons. The van der Waals surface area contributed by atoms with E-state index in [-0.39, 0.29) is 12.1 Å². The monoisotopic (exact) mass is 308 g/mol. The summed E-state index contributed by atoms with van der Waals surface area (Å²) in [5, 5.41) is 16.2. The second-order valence-electron chi connectivity index (χ2n) is 7.02. The Kier molecular flexibility index (Phi) is 6.76. The second-order valence-corrected chi connectivity index (χ2v) is 7.02. The van der Waals surface area contributed by atoms with Crippen molar-refractivity contribution in [3.63, 3.8) is 0 Å². The Morgan fingerprint density at radius 3 is 2.77 bits per heavy atom. The molecule has 3 unspecified atom stereocenters. The highest BCUT2D eigenvalue weighted by Gasteiger charge is 2.28. The number of nitrogens with two attached hydrogens (primary N) is 1. The van der Waals surface area contributed by atoms with Crippen LogP contribution < -0.4 is 11.1 Å². The molecule has 3 N–H and O–H groups in total. The van der Waals surface area contributed by atoms with E-state index in [2.05, 4.69) is 41.6 Å². The topological polar surface area (TPSA) is 81.7 Å². The molecule has 0 saturated heterocycles. The van der Waals surface area contributed by atoms with Gasteiger partial charge in [-0.25, -0.2) is 4.68 Å². The zero-order valence-electron chi connectivity index (χ0n) is 14.3. The van der Waals surface area contributed by atoms with E-state index in [1.807, 2.05) is 4.68 Å². The van der Waals surface area contributed by atoms with Gasteiger partial charge in [0.15, 0.2) is 5.82 Å². The average molecular weight is 308 g/mol. The molecule has 1 heterocycles. The van der Waals surface area contributed by atoms with E-state index in [9.17, 15) is 0 Å². The van der Waals surface area contributed by atoms with Crippen LogP contribution in [-0.4, -0.2) is 32.3 Å². The van der Waals surface area contributed by atoms with Crippen LogP contribution in [0.1, 0.15) is 77.6 Å². The van der Waals surface area contributed by atoms with Gasteiger partial charge in [0.25, 0.3) is 0 Å². The Bertz CT molecular complexity index is 430. The van der Waals surface area contributed by atoms with E-state index in [4.69, 9.17) is 5.73 Å². The molecule has 3 atom stereocenters. The Hall–Kier alpha value is -1.01. The van der Waals surface area contributed by atoms with Crippen LogP contribution in [-0.2, 0) is 6.54 Å². The molecule has 0 bridgehead atoms. The van der Waals surface area contributed by atoms with Crippen LogP contribution in [0.5, 0.6) is 0 Å². The summed E-state index contributed by atoms with van der Waals surface area (Å²) in [6.45, 7) is 7.58. The van der Waals surface area contributed by atoms with Crippen molar-refractivity contribution in [2.24, 2.45) is 11.7 Å². The van der Waals surface area contributed by atoms with E-state index >= 15 is 0 Å². The molecule has 0 amide bonds. The van der Waals surface area contributed by atoms with Crippen LogP contribution in [0.2, 0.25) is 0 Å². The van der Waals surface area contributed by atoms with Gasteiger partial charge in [0.2, 0.25) is 0 Å². The lowest BCUT2D eigenvalue weighted by molar-refractivity contribution is 0.273. The van der Waals surface area contributed by atoms with Crippen molar-refractivity contribution in [3.8, 4) is 0 Å². The molecule has 1 fully saturated rings. The van der Waals surface area contributed by atoms with Crippen molar-refractivity contribution >= 4 is 0 Å². The van der Waals surface area contributed by atoms with Gasteiger partial charge < -0.3 is 11.1 Å². The number of nitrogens with one attached hydrogen (secondary N) is 1. The minimum Gasteiger partial charge on any atom is -0.326 e. The highest BCUT2D eigenvalue weighted by atomic mass is 15.5. The molecule has 1 aliphatic rings. The van der Waals surface area contributed by atoms with E-state index in [0.717, 1.165) is 44.5 Å². The Labute approximate surface area is 134 Å². The molecule has 6 heteroatoms. The number of rotatable bonds is 8. The van der Waals surface area contributed by atoms with Gasteiger partial charge in [0.05, 0.1) is 6.04 Å². The summed E-state index contributed by atoms with van der Waals surface area (Å²) in [6.07, 6.45) is 8.09. The summed E-state index contributed by atoms with van der Waals surface area (Å²) in [7, 11) is 0. The maximum absolute atomic E-state index is 6.31. The number of unbranched alkanes of at least 4 members (excludes halogenated alkanes) is 1. The SMILES string of the molecule is CCCCn1nnnc1C(CC(C)C)NC1CCCCC1N. The maximum Gasteiger partial charge on any atom is 0.168 e. The largest absolute Gasteiger partial charge is 0.326 e. The molecule has 1 aromatic rings. The number of aryl methyl sites for hydroxylation is 1. The lowest BCUT2D eigenvalue weighted by Crippen LogP contribution is -2.48. The minimum atomic E-state index is 0.195. The Balaban J connectivity index is 2.09. The van der Waals surface area contributed by atoms with Gasteiger partial charge in [-0.05, 0) is 42.0 Å². The number of aromatic nitrogens is 4. The van der Waals surface area contributed by atoms with Crippen LogP contribution >= 0.6 is 0 Å². The molecule has 1 saturated carbocycles. The molecule has 22 heavy (non-hydrogen) atoms. The fourth-order valence-corrected chi connectivity index (χ4v) is 3.27. The van der Waals surface area contributed by atoms with E-state index in [1.54, 1.807) is 0 Å². The lowest BCUT2D eigenvalue weighted by atomic mass is 9.89. The first-order valence-corrected chi connectivity index (χ1v) is 8.89. The molecular weight excluding hydrogens is 276 g/mol. The summed E-state index contributed by atoms with van der Waals surface area (Å²) in [6, 6.07) is 0.832. The Morgan fingerprint density at radius 1 is 1.32 bits per heavy atom. The molecule has 0 aliphatic heterocycles. The highest BCUT2D eigenvalue weighted by molar-refractivity contribution is 4.96. The summed E-state index contributed by atoms with van der Waals surface area (Å²) >= 11 is 0. The number of tetrazole rings is 1. The first kappa shape index (κ1) is 17.3. The van der Waals surface area contributed by atoms with Crippen molar-refractivity contribution in [2.75, 3.05) is 0 Å². The molecule has 0 aromatic carbocycles. The molecule has 2 rings (SSSR count). The average Bonchev–Trinajstić information content (AvgIpc) is 2.94. The van der Waals surface area contributed by atoms with Gasteiger partial charge in [-0.2, -0.15) is 0 Å². The van der Waals surface area contributed by atoms with Crippen LogP contribution in [0.3, 0.4) is 0 Å². The van der Waals surface area contributed by atoms with Gasteiger partial charge >= 0.3 is 0 Å². The van der Waals surface area contributed by atoms with Crippen molar-refractivity contribution in [1.82, 2.24) is 25.5 Å².